The molecule has 2 nitrogen and oxygen atoms in total. The first-order chi connectivity index (χ1) is 12.6. The molecule has 0 heterocycles. The molecule has 2 radical (unpaired) electrons. The molecule has 2 unspecified atom stereocenters. The molecule has 26 heavy (non-hydrogen) atoms. The lowest BCUT2D eigenvalue weighted by atomic mass is 9.59. The van der Waals surface area contributed by atoms with E-state index in [1.807, 2.05) is 48.5 Å². The Morgan fingerprint density at radius 3 is 2.46 bits per heavy atom. The van der Waals surface area contributed by atoms with Crippen molar-refractivity contribution in [3.8, 4) is 0 Å². The molecule has 0 aliphatic heterocycles. The summed E-state index contributed by atoms with van der Waals surface area (Å²) in [5.41, 5.74) is 5.41. The first-order valence-corrected chi connectivity index (χ1v) is 9.32. The normalized spacial score (nSPS) is 21.8. The maximum atomic E-state index is 13.3. The lowest BCUT2D eigenvalue weighted by molar-refractivity contribution is 0.0925. The van der Waals surface area contributed by atoms with E-state index < -0.39 is 0 Å². The predicted molar refractivity (Wildman–Crippen MR) is 105 cm³/mol. The summed E-state index contributed by atoms with van der Waals surface area (Å²) in [6.07, 6.45) is 1.88. The Morgan fingerprint density at radius 1 is 0.885 bits per heavy atom. The van der Waals surface area contributed by atoms with E-state index in [0.717, 1.165) is 31.9 Å². The second kappa shape index (κ2) is 4.63. The van der Waals surface area contributed by atoms with Crippen LogP contribution in [0.5, 0.6) is 0 Å². The zero-order valence-electron chi connectivity index (χ0n) is 13.5. The molecule has 6 rings (SSSR count). The molecule has 0 aromatic heterocycles. The number of hydrogen-bond donors (Lipinski definition) is 0. The number of carbonyl (C=O) groups is 2. The molecule has 0 N–H and O–H groups in total. The van der Waals surface area contributed by atoms with Crippen molar-refractivity contribution < 1.29 is 9.59 Å². The van der Waals surface area contributed by atoms with Crippen molar-refractivity contribution in [1.82, 2.24) is 0 Å². The summed E-state index contributed by atoms with van der Waals surface area (Å²) in [6, 6.07) is 13.3. The van der Waals surface area contributed by atoms with Gasteiger partial charge in [-0.25, -0.2) is 0 Å². The van der Waals surface area contributed by atoms with Crippen molar-refractivity contribution in [2.24, 2.45) is 5.92 Å². The van der Waals surface area contributed by atoms with Crippen LogP contribution < -0.4 is 0 Å². The van der Waals surface area contributed by atoms with Crippen LogP contribution in [0.15, 0.2) is 53.0 Å². The number of halogens is 1. The quantitative estimate of drug-likeness (QED) is 0.520. The fraction of sp³-hybridized carbons (Fsp3) is 0.0909. The van der Waals surface area contributed by atoms with Gasteiger partial charge in [-0.2, -0.15) is 0 Å². The molecule has 3 aromatic rings. The number of Topliss-reactive ketones (excluding diaryl/α,β-unsaturated/α-hetero) is 1. The van der Waals surface area contributed by atoms with Crippen LogP contribution in [0.3, 0.4) is 0 Å². The largest absolute Gasteiger partial charge is 0.293 e. The van der Waals surface area contributed by atoms with Gasteiger partial charge in [0.25, 0.3) is 0 Å². The van der Waals surface area contributed by atoms with Gasteiger partial charge >= 0.3 is 0 Å². The molecule has 2 atom stereocenters. The molecular formula is C22H10BBrO2. The maximum Gasteiger partial charge on any atom is 0.193 e. The Labute approximate surface area is 159 Å². The summed E-state index contributed by atoms with van der Waals surface area (Å²) in [6.45, 7) is 0. The van der Waals surface area contributed by atoms with E-state index in [4.69, 9.17) is 7.85 Å². The predicted octanol–water partition coefficient (Wildman–Crippen LogP) is 4.61. The van der Waals surface area contributed by atoms with Crippen LogP contribution in [0.25, 0.3) is 16.2 Å². The first kappa shape index (κ1) is 14.7. The van der Waals surface area contributed by atoms with Gasteiger partial charge in [-0.1, -0.05) is 63.9 Å². The van der Waals surface area contributed by atoms with Gasteiger partial charge < -0.3 is 0 Å². The minimum atomic E-state index is -0.352. The topological polar surface area (TPSA) is 34.1 Å². The summed E-state index contributed by atoms with van der Waals surface area (Å²) >= 11 is 3.60. The standard InChI is InChI=1S/C22H10BBrO2/c23-15-7-13-19-17-9(15)3-1-5-11(17)22(26)14-8-16(24)10-4-2-6-12(21(13)25)18(10)20(14)19/h1-8,13,19H. The number of hydrogen-bond acceptors (Lipinski definition) is 2. The molecule has 120 valence electrons. The van der Waals surface area contributed by atoms with Crippen molar-refractivity contribution in [1.29, 1.82) is 0 Å². The Bertz CT molecular complexity index is 1250. The smallest absolute Gasteiger partial charge is 0.193 e. The number of rotatable bonds is 0. The molecule has 0 spiro atoms. The molecule has 3 aromatic carbocycles. The van der Waals surface area contributed by atoms with Gasteiger partial charge in [-0.05, 0) is 33.5 Å². The summed E-state index contributed by atoms with van der Waals surface area (Å²) in [5, 5.41) is 1.88. The summed E-state index contributed by atoms with van der Waals surface area (Å²) in [7, 11) is 6.28. The van der Waals surface area contributed by atoms with E-state index in [-0.39, 0.29) is 23.4 Å². The fourth-order valence-corrected chi connectivity index (χ4v) is 5.52. The third-order valence-electron chi connectivity index (χ3n) is 5.97. The van der Waals surface area contributed by atoms with Crippen molar-refractivity contribution in [3.63, 3.8) is 0 Å². The van der Waals surface area contributed by atoms with Gasteiger partial charge in [0.2, 0.25) is 0 Å². The van der Waals surface area contributed by atoms with Crippen LogP contribution in [0.1, 0.15) is 48.9 Å². The number of ketones is 2. The van der Waals surface area contributed by atoms with Crippen LogP contribution in [0.2, 0.25) is 0 Å². The number of carbonyl (C=O) groups excluding carboxylic acids is 2. The molecule has 3 aliphatic rings. The average Bonchev–Trinajstić information content (AvgIpc) is 2.65. The lowest BCUT2D eigenvalue weighted by Crippen LogP contribution is -2.35. The van der Waals surface area contributed by atoms with Gasteiger partial charge in [-0.3, -0.25) is 9.59 Å². The minimum absolute atomic E-state index is 0.00769. The van der Waals surface area contributed by atoms with Gasteiger partial charge in [0.05, 0.1) is 5.92 Å². The second-order valence-electron chi connectivity index (χ2n) is 7.13. The van der Waals surface area contributed by atoms with Crippen LogP contribution in [0, 0.1) is 5.92 Å². The summed E-state index contributed by atoms with van der Waals surface area (Å²) < 4.78 is 0.846. The molecule has 0 fully saturated rings. The van der Waals surface area contributed by atoms with Crippen LogP contribution in [-0.2, 0) is 0 Å². The van der Waals surface area contributed by atoms with Crippen molar-refractivity contribution in [2.75, 3.05) is 0 Å². The van der Waals surface area contributed by atoms with E-state index in [2.05, 4.69) is 15.9 Å². The van der Waals surface area contributed by atoms with Crippen LogP contribution in [-0.4, -0.2) is 19.4 Å². The summed E-state index contributed by atoms with van der Waals surface area (Å²) in [4.78, 5) is 26.6. The third kappa shape index (κ3) is 1.51. The molecule has 0 amide bonds. The Hall–Kier alpha value is -2.46. The Kier molecular flexibility index (Phi) is 2.62. The lowest BCUT2D eigenvalue weighted by Gasteiger charge is -2.41. The first-order valence-electron chi connectivity index (χ1n) is 8.52. The second-order valence-corrected chi connectivity index (χ2v) is 7.99. The number of benzene rings is 3. The fourth-order valence-electron chi connectivity index (χ4n) is 4.96. The SMILES string of the molecule is [B]C1=CC2C(=O)c3cccc4c(Br)cc5c(c34)C2c2c(cccc21)C5=O. The maximum absolute atomic E-state index is 13.3. The highest BCUT2D eigenvalue weighted by molar-refractivity contribution is 9.10. The Balaban J connectivity index is 1.89. The van der Waals surface area contributed by atoms with Gasteiger partial charge in [-0.15, -0.1) is 0 Å². The zero-order valence-corrected chi connectivity index (χ0v) is 15.1. The van der Waals surface area contributed by atoms with Crippen LogP contribution >= 0.6 is 15.9 Å². The van der Waals surface area contributed by atoms with Gasteiger partial charge in [0, 0.05) is 27.1 Å². The van der Waals surface area contributed by atoms with Crippen LogP contribution in [0.4, 0.5) is 0 Å². The zero-order chi connectivity index (χ0) is 17.7. The van der Waals surface area contributed by atoms with Gasteiger partial charge in [0.1, 0.15) is 7.85 Å². The highest BCUT2D eigenvalue weighted by atomic mass is 79.9. The van der Waals surface area contributed by atoms with Crippen molar-refractivity contribution in [2.45, 2.75) is 5.92 Å². The van der Waals surface area contributed by atoms with E-state index >= 15 is 0 Å². The summed E-state index contributed by atoms with van der Waals surface area (Å²) in [5.74, 6) is -0.405. The van der Waals surface area contributed by atoms with Crippen molar-refractivity contribution in [3.05, 3.63) is 86.4 Å². The highest BCUT2D eigenvalue weighted by Gasteiger charge is 2.46. The number of allylic oxidation sites excluding steroid dienone is 1. The van der Waals surface area contributed by atoms with Gasteiger partial charge in [0.15, 0.2) is 11.6 Å². The minimum Gasteiger partial charge on any atom is -0.293 e. The van der Waals surface area contributed by atoms with E-state index in [1.165, 1.54) is 0 Å². The third-order valence-corrected chi connectivity index (χ3v) is 6.62. The molecule has 4 heteroatoms. The van der Waals surface area contributed by atoms with Crippen molar-refractivity contribution >= 4 is 51.6 Å². The molecular weight excluding hydrogens is 387 g/mol. The molecule has 3 aliphatic carbocycles. The van der Waals surface area contributed by atoms with E-state index in [1.54, 1.807) is 0 Å². The highest BCUT2D eigenvalue weighted by Crippen LogP contribution is 2.54. The van der Waals surface area contributed by atoms with E-state index in [0.29, 0.717) is 22.2 Å². The molecule has 0 saturated carbocycles. The average molecular weight is 397 g/mol. The van der Waals surface area contributed by atoms with E-state index in [9.17, 15) is 9.59 Å². The monoisotopic (exact) mass is 396 g/mol. The molecule has 0 bridgehead atoms. The molecule has 0 saturated heterocycles. The Morgan fingerprint density at radius 2 is 1.62 bits per heavy atom.